The largest absolute Gasteiger partial charge is 0.393 e. The highest BCUT2D eigenvalue weighted by Crippen LogP contribution is 2.57. The van der Waals surface area contributed by atoms with Crippen LogP contribution in [0, 0.1) is 22.2 Å². The van der Waals surface area contributed by atoms with E-state index < -0.39 is 6.10 Å². The molecule has 22 heavy (non-hydrogen) atoms. The number of carbonyl (C=O) groups excluding carboxylic acids is 2. The Bertz CT molecular complexity index is 432. The summed E-state index contributed by atoms with van der Waals surface area (Å²) in [5.74, 6) is 0.767. The van der Waals surface area contributed by atoms with Gasteiger partial charge in [0, 0.05) is 24.7 Å². The zero-order valence-corrected chi connectivity index (χ0v) is 15.5. The smallest absolute Gasteiger partial charge is 0.138 e. The average Bonchev–Trinajstić information content (AvgIpc) is 2.31. The van der Waals surface area contributed by atoms with E-state index in [2.05, 4.69) is 20.8 Å². The Balaban J connectivity index is 3.04. The molecular formula is C19H34O3. The van der Waals surface area contributed by atoms with Gasteiger partial charge in [0.15, 0.2) is 0 Å². The first-order valence-electron chi connectivity index (χ1n) is 8.55. The fourth-order valence-corrected chi connectivity index (χ4v) is 4.03. The summed E-state index contributed by atoms with van der Waals surface area (Å²) >= 11 is 0. The quantitative estimate of drug-likeness (QED) is 0.829. The fraction of sp³-hybridized carbons (Fsp3) is 0.895. The molecule has 0 saturated heterocycles. The van der Waals surface area contributed by atoms with Crippen molar-refractivity contribution in [3.8, 4) is 0 Å². The van der Waals surface area contributed by atoms with Crippen molar-refractivity contribution < 1.29 is 14.7 Å². The molecule has 1 rings (SSSR count). The number of aliphatic hydroxyl groups excluding tert-OH is 1. The van der Waals surface area contributed by atoms with E-state index in [-0.39, 0.29) is 33.7 Å². The van der Waals surface area contributed by atoms with Crippen LogP contribution < -0.4 is 0 Å². The van der Waals surface area contributed by atoms with Gasteiger partial charge in [-0.15, -0.1) is 0 Å². The molecule has 1 fully saturated rings. The van der Waals surface area contributed by atoms with Crippen molar-refractivity contribution >= 4 is 11.6 Å². The first-order chi connectivity index (χ1) is 9.82. The van der Waals surface area contributed by atoms with Crippen molar-refractivity contribution in [2.75, 3.05) is 0 Å². The first-order valence-corrected chi connectivity index (χ1v) is 8.55. The predicted octanol–water partition coefficient (Wildman–Crippen LogP) is 4.16. The van der Waals surface area contributed by atoms with Crippen LogP contribution in [-0.2, 0) is 9.59 Å². The third-order valence-electron chi connectivity index (χ3n) is 6.05. The summed E-state index contributed by atoms with van der Waals surface area (Å²) in [4.78, 5) is 24.4. The summed E-state index contributed by atoms with van der Waals surface area (Å²) in [7, 11) is 0. The molecule has 0 radical (unpaired) electrons. The number of Topliss-reactive ketones (excluding diaryl/α,β-unsaturated/α-hetero) is 2. The second-order valence-corrected chi connectivity index (χ2v) is 9.03. The van der Waals surface area contributed by atoms with Gasteiger partial charge in [0.05, 0.1) is 6.10 Å². The van der Waals surface area contributed by atoms with E-state index >= 15 is 0 Å². The third kappa shape index (κ3) is 3.98. The van der Waals surface area contributed by atoms with Crippen LogP contribution in [0.5, 0.6) is 0 Å². The summed E-state index contributed by atoms with van der Waals surface area (Å²) in [6, 6.07) is 0. The van der Waals surface area contributed by atoms with Gasteiger partial charge in [-0.25, -0.2) is 0 Å². The number of carbonyl (C=O) groups is 2. The standard InChI is InChI=1S/C19H34O3/c1-13(10-16(22)17(3,4)5)19(7)9-8-15(21)12-18(19,6)11-14(2)20/h13-14,20H,8-12H2,1-7H3/t13?,14?,18-,19-/m1/s1. The van der Waals surface area contributed by atoms with E-state index in [1.165, 1.54) is 0 Å². The van der Waals surface area contributed by atoms with Crippen LogP contribution in [0.1, 0.15) is 80.6 Å². The second-order valence-electron chi connectivity index (χ2n) is 9.03. The van der Waals surface area contributed by atoms with Gasteiger partial charge in [-0.3, -0.25) is 9.59 Å². The van der Waals surface area contributed by atoms with Crippen LogP contribution in [0.4, 0.5) is 0 Å². The molecule has 3 heteroatoms. The van der Waals surface area contributed by atoms with Crippen LogP contribution in [0.25, 0.3) is 0 Å². The lowest BCUT2D eigenvalue weighted by atomic mass is 9.50. The number of rotatable bonds is 5. The summed E-state index contributed by atoms with van der Waals surface area (Å²) in [6.45, 7) is 14.1. The van der Waals surface area contributed by atoms with Gasteiger partial charge in [0.2, 0.25) is 0 Å². The Morgan fingerprint density at radius 1 is 1.27 bits per heavy atom. The predicted molar refractivity (Wildman–Crippen MR) is 89.6 cm³/mol. The van der Waals surface area contributed by atoms with E-state index in [9.17, 15) is 14.7 Å². The van der Waals surface area contributed by atoms with Crippen molar-refractivity contribution in [2.24, 2.45) is 22.2 Å². The minimum atomic E-state index is -0.430. The Labute approximate surface area is 135 Å². The molecule has 0 aromatic rings. The van der Waals surface area contributed by atoms with Gasteiger partial charge in [0.25, 0.3) is 0 Å². The number of hydrogen-bond acceptors (Lipinski definition) is 3. The normalized spacial score (nSPS) is 32.6. The van der Waals surface area contributed by atoms with Crippen molar-refractivity contribution in [1.29, 1.82) is 0 Å². The number of ketones is 2. The summed E-state index contributed by atoms with van der Waals surface area (Å²) < 4.78 is 0. The topological polar surface area (TPSA) is 54.4 Å². The van der Waals surface area contributed by atoms with Gasteiger partial charge in [-0.2, -0.15) is 0 Å². The molecule has 1 aliphatic rings. The molecule has 0 amide bonds. The Hall–Kier alpha value is -0.700. The van der Waals surface area contributed by atoms with Crippen LogP contribution in [0.15, 0.2) is 0 Å². The van der Waals surface area contributed by atoms with Gasteiger partial charge < -0.3 is 5.11 Å². The molecule has 3 nitrogen and oxygen atoms in total. The van der Waals surface area contributed by atoms with Gasteiger partial charge in [-0.1, -0.05) is 41.5 Å². The Kier molecular flexibility index (Phi) is 5.65. The zero-order valence-electron chi connectivity index (χ0n) is 15.5. The van der Waals surface area contributed by atoms with Crippen LogP contribution in [0.3, 0.4) is 0 Å². The van der Waals surface area contributed by atoms with Crippen molar-refractivity contribution in [3.63, 3.8) is 0 Å². The van der Waals surface area contributed by atoms with Gasteiger partial charge >= 0.3 is 0 Å². The van der Waals surface area contributed by atoms with Crippen LogP contribution >= 0.6 is 0 Å². The molecule has 1 N–H and O–H groups in total. The van der Waals surface area contributed by atoms with E-state index in [1.807, 2.05) is 20.8 Å². The summed E-state index contributed by atoms with van der Waals surface area (Å²) in [6.07, 6.45) is 2.66. The monoisotopic (exact) mass is 310 g/mol. The lowest BCUT2D eigenvalue weighted by Crippen LogP contribution is -2.49. The SMILES string of the molecule is CC(O)C[C@]1(C)CC(=O)CC[C@]1(C)C(C)CC(=O)C(C)(C)C. The van der Waals surface area contributed by atoms with Crippen LogP contribution in [-0.4, -0.2) is 22.8 Å². The maximum Gasteiger partial charge on any atom is 0.138 e. The average molecular weight is 310 g/mol. The summed E-state index contributed by atoms with van der Waals surface area (Å²) in [5, 5.41) is 9.90. The molecule has 1 aliphatic carbocycles. The molecule has 1 saturated carbocycles. The van der Waals surface area contributed by atoms with E-state index in [1.54, 1.807) is 6.92 Å². The highest BCUT2D eigenvalue weighted by atomic mass is 16.3. The Morgan fingerprint density at radius 3 is 2.27 bits per heavy atom. The maximum absolute atomic E-state index is 12.4. The molecular weight excluding hydrogens is 276 g/mol. The number of hydrogen-bond donors (Lipinski definition) is 1. The lowest BCUT2D eigenvalue weighted by molar-refractivity contribution is -0.138. The zero-order chi connectivity index (χ0) is 17.3. The lowest BCUT2D eigenvalue weighted by Gasteiger charge is -2.54. The Morgan fingerprint density at radius 2 is 1.82 bits per heavy atom. The first kappa shape index (κ1) is 19.3. The van der Waals surface area contributed by atoms with E-state index in [4.69, 9.17) is 0 Å². The van der Waals surface area contributed by atoms with Gasteiger partial charge in [-0.05, 0) is 36.5 Å². The molecule has 0 heterocycles. The van der Waals surface area contributed by atoms with Crippen molar-refractivity contribution in [2.45, 2.75) is 86.7 Å². The minimum Gasteiger partial charge on any atom is -0.393 e. The molecule has 0 aromatic carbocycles. The fourth-order valence-electron chi connectivity index (χ4n) is 4.03. The van der Waals surface area contributed by atoms with Crippen molar-refractivity contribution in [1.82, 2.24) is 0 Å². The van der Waals surface area contributed by atoms with E-state index in [0.717, 1.165) is 6.42 Å². The molecule has 2 unspecified atom stereocenters. The molecule has 0 bridgehead atoms. The maximum atomic E-state index is 12.4. The molecule has 0 spiro atoms. The molecule has 128 valence electrons. The van der Waals surface area contributed by atoms with Gasteiger partial charge in [0.1, 0.15) is 11.6 Å². The highest BCUT2D eigenvalue weighted by Gasteiger charge is 2.52. The molecule has 0 aromatic heterocycles. The summed E-state index contributed by atoms with van der Waals surface area (Å²) in [5.41, 5.74) is -0.664. The molecule has 4 atom stereocenters. The third-order valence-corrected chi connectivity index (χ3v) is 6.05. The number of aliphatic hydroxyl groups is 1. The second kappa shape index (κ2) is 6.43. The van der Waals surface area contributed by atoms with Crippen molar-refractivity contribution in [3.05, 3.63) is 0 Å². The van der Waals surface area contributed by atoms with Crippen LogP contribution in [0.2, 0.25) is 0 Å². The molecule has 0 aliphatic heterocycles. The highest BCUT2D eigenvalue weighted by molar-refractivity contribution is 5.84. The minimum absolute atomic E-state index is 0.0984. The van der Waals surface area contributed by atoms with E-state index in [0.29, 0.717) is 25.7 Å².